The Kier molecular flexibility index (Phi) is 5.21. The smallest absolute Gasteiger partial charge is 0.265 e. The van der Waals surface area contributed by atoms with Gasteiger partial charge in [-0.25, -0.2) is 0 Å². The van der Waals surface area contributed by atoms with Gasteiger partial charge >= 0.3 is 0 Å². The number of rotatable bonds is 4. The van der Waals surface area contributed by atoms with E-state index < -0.39 is 0 Å². The van der Waals surface area contributed by atoms with Gasteiger partial charge < -0.3 is 10.2 Å². The molecule has 0 bridgehead atoms. The molecular formula is C20H14ClIN2O2S. The fraction of sp³-hybridized carbons (Fsp3) is 0.100. The summed E-state index contributed by atoms with van der Waals surface area (Å²) in [6.07, 6.45) is 0. The summed E-state index contributed by atoms with van der Waals surface area (Å²) in [5.74, 6) is -0.326. The predicted molar refractivity (Wildman–Crippen MR) is 116 cm³/mol. The van der Waals surface area contributed by atoms with E-state index in [-0.39, 0.29) is 11.8 Å². The molecule has 0 radical (unpaired) electrons. The van der Waals surface area contributed by atoms with Crippen LogP contribution in [0.25, 0.3) is 0 Å². The van der Waals surface area contributed by atoms with Crippen LogP contribution >= 0.6 is 45.5 Å². The minimum atomic E-state index is -0.260. The number of carbonyl (C=O) groups excluding carboxylic acids is 2. The SMILES string of the molecule is O=C(Nc1cccc2c1C(=O)N(Cc1cccc(I)c1)C2)c1ccc(Cl)s1. The van der Waals surface area contributed by atoms with Crippen molar-refractivity contribution in [3.8, 4) is 0 Å². The second-order valence-corrected chi connectivity index (χ2v) is 9.15. The molecule has 0 aliphatic carbocycles. The molecule has 1 aliphatic rings. The van der Waals surface area contributed by atoms with Crippen molar-refractivity contribution in [2.24, 2.45) is 0 Å². The largest absolute Gasteiger partial charge is 0.330 e. The van der Waals surface area contributed by atoms with Crippen molar-refractivity contribution in [2.45, 2.75) is 13.1 Å². The van der Waals surface area contributed by atoms with Crippen LogP contribution in [-0.4, -0.2) is 16.7 Å². The first kappa shape index (κ1) is 18.5. The number of anilines is 1. The maximum absolute atomic E-state index is 13.0. The second-order valence-electron chi connectivity index (χ2n) is 6.19. The summed E-state index contributed by atoms with van der Waals surface area (Å²) in [4.78, 5) is 27.8. The molecule has 2 heterocycles. The Balaban J connectivity index is 1.57. The summed E-state index contributed by atoms with van der Waals surface area (Å²) < 4.78 is 1.69. The molecule has 0 saturated carbocycles. The Hall–Kier alpha value is -1.90. The van der Waals surface area contributed by atoms with Crippen LogP contribution in [0.1, 0.15) is 31.2 Å². The van der Waals surface area contributed by atoms with Gasteiger partial charge in [0.15, 0.2) is 0 Å². The minimum absolute atomic E-state index is 0.0658. The molecule has 27 heavy (non-hydrogen) atoms. The summed E-state index contributed by atoms with van der Waals surface area (Å²) in [6, 6.07) is 17.0. The highest BCUT2D eigenvalue weighted by atomic mass is 127. The number of benzene rings is 2. The van der Waals surface area contributed by atoms with Gasteiger partial charge in [0, 0.05) is 16.7 Å². The van der Waals surface area contributed by atoms with Gasteiger partial charge in [0.05, 0.1) is 20.5 Å². The van der Waals surface area contributed by atoms with Crippen LogP contribution in [-0.2, 0) is 13.1 Å². The molecule has 1 N–H and O–H groups in total. The molecule has 136 valence electrons. The van der Waals surface area contributed by atoms with Gasteiger partial charge in [-0.15, -0.1) is 11.3 Å². The summed E-state index contributed by atoms with van der Waals surface area (Å²) in [6.45, 7) is 1.08. The second kappa shape index (κ2) is 7.61. The Labute approximate surface area is 179 Å². The maximum atomic E-state index is 13.0. The summed E-state index contributed by atoms with van der Waals surface area (Å²) >= 11 is 9.38. The molecule has 4 nitrogen and oxygen atoms in total. The number of fused-ring (bicyclic) bond motifs is 1. The van der Waals surface area contributed by atoms with Crippen molar-refractivity contribution in [3.63, 3.8) is 0 Å². The van der Waals surface area contributed by atoms with Crippen molar-refractivity contribution in [1.82, 2.24) is 4.90 Å². The highest BCUT2D eigenvalue weighted by molar-refractivity contribution is 14.1. The van der Waals surface area contributed by atoms with E-state index in [0.29, 0.717) is 33.6 Å². The number of nitrogens with one attached hydrogen (secondary N) is 1. The zero-order valence-corrected chi connectivity index (χ0v) is 17.8. The molecule has 1 aromatic heterocycles. The van der Waals surface area contributed by atoms with Gasteiger partial charge in [0.1, 0.15) is 0 Å². The molecule has 2 aromatic carbocycles. The van der Waals surface area contributed by atoms with Crippen molar-refractivity contribution in [3.05, 3.63) is 84.1 Å². The van der Waals surface area contributed by atoms with E-state index in [1.807, 2.05) is 30.3 Å². The fourth-order valence-electron chi connectivity index (χ4n) is 3.13. The van der Waals surface area contributed by atoms with E-state index in [4.69, 9.17) is 11.6 Å². The Bertz CT molecular complexity index is 1050. The molecule has 4 rings (SSSR count). The number of halogens is 2. The lowest BCUT2D eigenvalue weighted by molar-refractivity contribution is 0.0767. The van der Waals surface area contributed by atoms with Gasteiger partial charge in [-0.2, -0.15) is 0 Å². The van der Waals surface area contributed by atoms with Crippen LogP contribution < -0.4 is 5.32 Å². The zero-order valence-electron chi connectivity index (χ0n) is 14.0. The Morgan fingerprint density at radius 2 is 2.00 bits per heavy atom. The number of amides is 2. The van der Waals surface area contributed by atoms with E-state index in [1.54, 1.807) is 23.1 Å². The first-order chi connectivity index (χ1) is 13.0. The molecule has 0 spiro atoms. The minimum Gasteiger partial charge on any atom is -0.330 e. The van der Waals surface area contributed by atoms with Crippen LogP contribution in [0.3, 0.4) is 0 Å². The molecule has 0 atom stereocenters. The molecule has 0 fully saturated rings. The van der Waals surface area contributed by atoms with Gasteiger partial charge in [-0.05, 0) is 64.0 Å². The predicted octanol–water partition coefficient (Wildman–Crippen LogP) is 5.41. The number of hydrogen-bond acceptors (Lipinski definition) is 3. The maximum Gasteiger partial charge on any atom is 0.265 e. The summed E-state index contributed by atoms with van der Waals surface area (Å²) in [7, 11) is 0. The van der Waals surface area contributed by atoms with Gasteiger partial charge in [-0.3, -0.25) is 9.59 Å². The highest BCUT2D eigenvalue weighted by Gasteiger charge is 2.30. The third kappa shape index (κ3) is 3.88. The van der Waals surface area contributed by atoms with Crippen molar-refractivity contribution in [2.75, 3.05) is 5.32 Å². The normalized spacial score (nSPS) is 13.0. The molecule has 0 saturated heterocycles. The van der Waals surface area contributed by atoms with Crippen molar-refractivity contribution >= 4 is 63.0 Å². The molecule has 2 amide bonds. The van der Waals surface area contributed by atoms with Crippen molar-refractivity contribution in [1.29, 1.82) is 0 Å². The van der Waals surface area contributed by atoms with Crippen molar-refractivity contribution < 1.29 is 9.59 Å². The molecular weight excluding hydrogens is 495 g/mol. The number of thiophene rings is 1. The first-order valence-corrected chi connectivity index (χ1v) is 10.5. The molecule has 0 unspecified atom stereocenters. The highest BCUT2D eigenvalue weighted by Crippen LogP contribution is 2.31. The average molecular weight is 509 g/mol. The standard InChI is InChI=1S/C20H14ClIN2O2S/c21-17-8-7-16(27-17)19(25)23-15-6-2-4-13-11-24(20(26)18(13)15)10-12-3-1-5-14(22)9-12/h1-9H,10-11H2,(H,23,25). The van der Waals surface area contributed by atoms with Crippen LogP contribution in [0.15, 0.2) is 54.6 Å². The quantitative estimate of drug-likeness (QED) is 0.479. The fourth-order valence-corrected chi connectivity index (χ4v) is 4.67. The van der Waals surface area contributed by atoms with E-state index in [1.165, 1.54) is 11.3 Å². The van der Waals surface area contributed by atoms with Gasteiger partial charge in [0.25, 0.3) is 11.8 Å². The molecule has 3 aromatic rings. The number of nitrogens with zero attached hydrogens (tertiary/aromatic N) is 1. The summed E-state index contributed by atoms with van der Waals surface area (Å²) in [5, 5.41) is 2.86. The van der Waals surface area contributed by atoms with Crippen LogP contribution in [0.5, 0.6) is 0 Å². The van der Waals surface area contributed by atoms with E-state index >= 15 is 0 Å². The third-order valence-electron chi connectivity index (χ3n) is 4.32. The van der Waals surface area contributed by atoms with E-state index in [9.17, 15) is 9.59 Å². The van der Waals surface area contributed by atoms with E-state index in [2.05, 4.69) is 34.0 Å². The Morgan fingerprint density at radius 1 is 1.19 bits per heavy atom. The zero-order chi connectivity index (χ0) is 19.0. The lowest BCUT2D eigenvalue weighted by Crippen LogP contribution is -2.24. The first-order valence-electron chi connectivity index (χ1n) is 8.23. The Morgan fingerprint density at radius 3 is 2.74 bits per heavy atom. The lowest BCUT2D eigenvalue weighted by atomic mass is 10.1. The number of hydrogen-bond donors (Lipinski definition) is 1. The molecule has 7 heteroatoms. The van der Waals surface area contributed by atoms with Crippen LogP contribution in [0.4, 0.5) is 5.69 Å². The van der Waals surface area contributed by atoms with Gasteiger partial charge in [0.2, 0.25) is 0 Å². The van der Waals surface area contributed by atoms with Crippen LogP contribution in [0, 0.1) is 3.57 Å². The average Bonchev–Trinajstić information content (AvgIpc) is 3.20. The third-order valence-corrected chi connectivity index (χ3v) is 6.22. The van der Waals surface area contributed by atoms with E-state index in [0.717, 1.165) is 14.7 Å². The lowest BCUT2D eigenvalue weighted by Gasteiger charge is -2.16. The number of carbonyl (C=O) groups is 2. The summed E-state index contributed by atoms with van der Waals surface area (Å²) in [5.41, 5.74) is 3.12. The van der Waals surface area contributed by atoms with Gasteiger partial charge in [-0.1, -0.05) is 35.9 Å². The molecule has 1 aliphatic heterocycles. The monoisotopic (exact) mass is 508 g/mol. The topological polar surface area (TPSA) is 49.4 Å². The van der Waals surface area contributed by atoms with Crippen LogP contribution in [0.2, 0.25) is 4.34 Å².